The van der Waals surface area contributed by atoms with Crippen molar-refractivity contribution >= 4 is 39.0 Å². The van der Waals surface area contributed by atoms with Crippen LogP contribution in [-0.4, -0.2) is 73.9 Å². The summed E-state index contributed by atoms with van der Waals surface area (Å²) in [7, 11) is 0. The minimum absolute atomic E-state index is 0.118. The summed E-state index contributed by atoms with van der Waals surface area (Å²) in [6.45, 7) is 10.1. The molecule has 3 N–H and O–H groups in total. The molecular formula is C27H33N7O2S. The number of aryl methyl sites for hydroxylation is 1. The van der Waals surface area contributed by atoms with Crippen LogP contribution in [0.15, 0.2) is 24.7 Å². The molecule has 2 amide bonds. The van der Waals surface area contributed by atoms with Crippen molar-refractivity contribution in [2.24, 2.45) is 11.1 Å². The predicted octanol–water partition coefficient (Wildman–Crippen LogP) is 3.78. The van der Waals surface area contributed by atoms with E-state index >= 15 is 0 Å². The van der Waals surface area contributed by atoms with Crippen molar-refractivity contribution in [2.75, 3.05) is 32.7 Å². The summed E-state index contributed by atoms with van der Waals surface area (Å²) in [6.07, 6.45) is 6.61. The number of primary amides is 1. The maximum absolute atomic E-state index is 13.5. The number of nitrogens with zero attached hydrogens (tertiary/aromatic N) is 5. The first-order valence-electron chi connectivity index (χ1n) is 13.0. The van der Waals surface area contributed by atoms with Crippen molar-refractivity contribution in [1.82, 2.24) is 29.4 Å². The Morgan fingerprint density at radius 1 is 1.19 bits per heavy atom. The molecule has 4 aromatic rings. The molecule has 9 nitrogen and oxygen atoms in total. The van der Waals surface area contributed by atoms with Crippen molar-refractivity contribution in [3.05, 3.63) is 40.7 Å². The summed E-state index contributed by atoms with van der Waals surface area (Å²) >= 11 is 1.59. The normalized spacial score (nSPS) is 18.1. The minimum Gasteiger partial charge on any atom is -0.369 e. The third kappa shape index (κ3) is 4.21. The number of hydrogen-bond donors (Lipinski definition) is 2. The van der Waals surface area contributed by atoms with Crippen LogP contribution in [0.2, 0.25) is 0 Å². The van der Waals surface area contributed by atoms with Gasteiger partial charge in [-0.3, -0.25) is 14.5 Å². The monoisotopic (exact) mass is 519 g/mol. The maximum Gasteiger partial charge on any atom is 0.264 e. The van der Waals surface area contributed by atoms with E-state index in [2.05, 4.69) is 39.9 Å². The topological polar surface area (TPSA) is 113 Å². The molecule has 37 heavy (non-hydrogen) atoms. The first-order chi connectivity index (χ1) is 17.7. The van der Waals surface area contributed by atoms with E-state index in [9.17, 15) is 9.59 Å². The Morgan fingerprint density at radius 2 is 1.95 bits per heavy atom. The number of likely N-dealkylation sites (tertiary alicyclic amines) is 2. The van der Waals surface area contributed by atoms with Gasteiger partial charge in [0.1, 0.15) is 6.33 Å². The van der Waals surface area contributed by atoms with Crippen LogP contribution >= 0.6 is 11.3 Å². The first kappa shape index (κ1) is 24.1. The zero-order chi connectivity index (χ0) is 25.9. The predicted molar refractivity (Wildman–Crippen MR) is 145 cm³/mol. The van der Waals surface area contributed by atoms with Gasteiger partial charge in [-0.2, -0.15) is 5.10 Å². The molecule has 2 aliphatic rings. The van der Waals surface area contributed by atoms with Crippen molar-refractivity contribution in [2.45, 2.75) is 46.0 Å². The molecule has 6 heterocycles. The second-order valence-electron chi connectivity index (χ2n) is 11.1. The Labute approximate surface area is 219 Å². The van der Waals surface area contributed by atoms with Crippen LogP contribution in [0.3, 0.4) is 0 Å². The summed E-state index contributed by atoms with van der Waals surface area (Å²) < 4.78 is 2.97. The zero-order valence-corrected chi connectivity index (χ0v) is 22.4. The Balaban J connectivity index is 1.23. The fourth-order valence-electron chi connectivity index (χ4n) is 6.25. The van der Waals surface area contributed by atoms with E-state index in [-0.39, 0.29) is 23.1 Å². The molecule has 4 aromatic heterocycles. The van der Waals surface area contributed by atoms with E-state index in [4.69, 9.17) is 5.73 Å². The van der Waals surface area contributed by atoms with Gasteiger partial charge in [0.2, 0.25) is 5.91 Å². The molecule has 0 saturated carbocycles. The van der Waals surface area contributed by atoms with Gasteiger partial charge in [-0.25, -0.2) is 9.50 Å². The van der Waals surface area contributed by atoms with Crippen molar-refractivity contribution in [3.8, 4) is 11.3 Å². The van der Waals surface area contributed by atoms with E-state index in [0.717, 1.165) is 83.0 Å². The molecule has 2 saturated heterocycles. The molecule has 0 bridgehead atoms. The van der Waals surface area contributed by atoms with Crippen LogP contribution in [0, 0.1) is 12.3 Å². The van der Waals surface area contributed by atoms with Gasteiger partial charge in [0, 0.05) is 31.4 Å². The molecule has 0 aliphatic carbocycles. The smallest absolute Gasteiger partial charge is 0.264 e. The highest BCUT2D eigenvalue weighted by Crippen LogP contribution is 2.43. The number of aromatic amines is 1. The average molecular weight is 520 g/mol. The summed E-state index contributed by atoms with van der Waals surface area (Å²) in [5, 5.41) is 4.33. The van der Waals surface area contributed by atoms with Gasteiger partial charge in [0.25, 0.3) is 5.91 Å². The third-order valence-electron chi connectivity index (χ3n) is 8.15. The SMILES string of the molecule is Cc1cc(-c2[nH]c3cc(C(=O)N4CCC5(CCN(CC(N)=O)C5)CC4)sc3c2C(C)C)cn2ncnc12. The fourth-order valence-corrected chi connectivity index (χ4v) is 7.53. The fraction of sp³-hybridized carbons (Fsp3) is 0.481. The highest BCUT2D eigenvalue weighted by molar-refractivity contribution is 7.21. The second-order valence-corrected chi connectivity index (χ2v) is 12.1. The van der Waals surface area contributed by atoms with E-state index < -0.39 is 0 Å². The van der Waals surface area contributed by atoms with Crippen molar-refractivity contribution in [3.63, 3.8) is 0 Å². The lowest BCUT2D eigenvalue weighted by atomic mass is 9.78. The number of nitrogens with two attached hydrogens (primary N) is 1. The summed E-state index contributed by atoms with van der Waals surface area (Å²) in [5.74, 6) is 0.140. The summed E-state index contributed by atoms with van der Waals surface area (Å²) in [6, 6.07) is 4.17. The van der Waals surface area contributed by atoms with Gasteiger partial charge in [-0.15, -0.1) is 11.3 Å². The second kappa shape index (κ2) is 8.95. The number of rotatable bonds is 5. The Morgan fingerprint density at radius 3 is 2.68 bits per heavy atom. The highest BCUT2D eigenvalue weighted by Gasteiger charge is 2.41. The van der Waals surface area contributed by atoms with Crippen molar-refractivity contribution in [1.29, 1.82) is 0 Å². The van der Waals surface area contributed by atoms with Crippen LogP contribution in [0.1, 0.15) is 59.8 Å². The molecule has 194 valence electrons. The molecule has 2 fully saturated rings. The third-order valence-corrected chi connectivity index (χ3v) is 9.31. The lowest BCUT2D eigenvalue weighted by Gasteiger charge is -2.39. The lowest BCUT2D eigenvalue weighted by molar-refractivity contribution is -0.119. The van der Waals surface area contributed by atoms with E-state index in [0.29, 0.717) is 6.54 Å². The highest BCUT2D eigenvalue weighted by atomic mass is 32.1. The van der Waals surface area contributed by atoms with Crippen LogP contribution in [-0.2, 0) is 4.79 Å². The Bertz CT molecular complexity index is 1510. The molecule has 0 atom stereocenters. The molecule has 2 aliphatic heterocycles. The van der Waals surface area contributed by atoms with Crippen LogP contribution in [0.5, 0.6) is 0 Å². The average Bonchev–Trinajstić information content (AvgIpc) is 3.61. The first-order valence-corrected chi connectivity index (χ1v) is 13.8. The van der Waals surface area contributed by atoms with Gasteiger partial charge >= 0.3 is 0 Å². The summed E-state index contributed by atoms with van der Waals surface area (Å²) in [5.41, 5.74) is 11.9. The number of thiophene rings is 1. The largest absolute Gasteiger partial charge is 0.369 e. The number of nitrogens with one attached hydrogen (secondary N) is 1. The van der Waals surface area contributed by atoms with Gasteiger partial charge in [-0.1, -0.05) is 13.8 Å². The lowest BCUT2D eigenvalue weighted by Crippen LogP contribution is -2.44. The number of aromatic nitrogens is 4. The van der Waals surface area contributed by atoms with Crippen LogP contribution < -0.4 is 5.73 Å². The standard InChI is InChI=1S/C27H33N7O2S/c1-16(2)22-23(18-10-17(3)25-29-15-30-34(25)12-18)31-19-11-20(37-24(19)22)26(36)33-8-5-27(6-9-33)4-7-32(14-27)13-21(28)35/h10-12,15-16,31H,4-9,13-14H2,1-3H3,(H2,28,35). The van der Waals surface area contributed by atoms with E-state index in [1.54, 1.807) is 17.7 Å². The van der Waals surface area contributed by atoms with Crippen LogP contribution in [0.4, 0.5) is 0 Å². The molecule has 0 unspecified atom stereocenters. The molecule has 0 aromatic carbocycles. The van der Waals surface area contributed by atoms with Gasteiger partial charge in [0.05, 0.1) is 27.3 Å². The van der Waals surface area contributed by atoms with E-state index in [1.165, 1.54) is 5.56 Å². The number of H-pyrrole nitrogens is 1. The maximum atomic E-state index is 13.5. The Kier molecular flexibility index (Phi) is 5.83. The van der Waals surface area contributed by atoms with Gasteiger partial charge in [-0.05, 0) is 67.3 Å². The minimum atomic E-state index is -0.268. The molecule has 0 radical (unpaired) electrons. The molecule has 6 rings (SSSR count). The van der Waals surface area contributed by atoms with E-state index in [1.807, 2.05) is 28.6 Å². The number of pyridine rings is 1. The molecule has 1 spiro atoms. The summed E-state index contributed by atoms with van der Waals surface area (Å²) in [4.78, 5) is 37.7. The van der Waals surface area contributed by atoms with Gasteiger partial charge in [0.15, 0.2) is 5.65 Å². The number of carbonyl (C=O) groups is 2. The van der Waals surface area contributed by atoms with Crippen LogP contribution in [0.25, 0.3) is 27.1 Å². The number of hydrogen-bond acceptors (Lipinski definition) is 6. The molecular weight excluding hydrogens is 486 g/mol. The number of carbonyl (C=O) groups excluding carboxylic acids is 2. The van der Waals surface area contributed by atoms with Gasteiger partial charge < -0.3 is 15.6 Å². The number of piperidine rings is 1. The molecule has 10 heteroatoms. The quantitative estimate of drug-likeness (QED) is 0.417. The number of fused-ring (bicyclic) bond motifs is 2. The Hall–Kier alpha value is -3.24. The zero-order valence-electron chi connectivity index (χ0n) is 21.6. The van der Waals surface area contributed by atoms with Crippen molar-refractivity contribution < 1.29 is 9.59 Å². The number of amides is 2.